The Balaban J connectivity index is 0.736. The minimum atomic E-state index is -3.55. The maximum Gasteiger partial charge on any atom is 0.329 e. The number of nitrogens with zero attached hydrogens (tertiary/aromatic N) is 7. The normalized spacial score (nSPS) is 24.5. The number of hydrogen-bond donors (Lipinski definition) is 3. The van der Waals surface area contributed by atoms with Gasteiger partial charge in [-0.3, -0.25) is 33.4 Å². The summed E-state index contributed by atoms with van der Waals surface area (Å²) < 4.78 is 32.6. The lowest BCUT2D eigenvalue weighted by Gasteiger charge is -2.52. The van der Waals surface area contributed by atoms with Crippen molar-refractivity contribution in [3.63, 3.8) is 0 Å². The summed E-state index contributed by atoms with van der Waals surface area (Å²) >= 11 is 6.32. The second kappa shape index (κ2) is 16.3. The van der Waals surface area contributed by atoms with Crippen molar-refractivity contribution in [1.29, 1.82) is 0 Å². The first kappa shape index (κ1) is 43.8. The molecule has 65 heavy (non-hydrogen) atoms. The van der Waals surface area contributed by atoms with E-state index in [2.05, 4.69) is 25.4 Å². The average molecular weight is 927 g/mol. The monoisotopic (exact) mass is 925 g/mol. The molecule has 3 aliphatic heterocycles. The van der Waals surface area contributed by atoms with E-state index in [0.29, 0.717) is 65.2 Å². The van der Waals surface area contributed by atoms with Gasteiger partial charge in [0.15, 0.2) is 9.84 Å². The van der Waals surface area contributed by atoms with E-state index in [1.54, 1.807) is 53.6 Å². The number of aliphatic hydroxyl groups is 1. The van der Waals surface area contributed by atoms with Gasteiger partial charge in [0.2, 0.25) is 17.8 Å². The molecule has 344 valence electrons. The van der Waals surface area contributed by atoms with Gasteiger partial charge in [-0.05, 0) is 144 Å². The Morgan fingerprint density at radius 2 is 1.71 bits per heavy atom. The van der Waals surface area contributed by atoms with Gasteiger partial charge in [-0.25, -0.2) is 18.2 Å². The van der Waals surface area contributed by atoms with Gasteiger partial charge in [0.1, 0.15) is 16.7 Å². The topological polar surface area (TPSA) is 194 Å². The van der Waals surface area contributed by atoms with Crippen molar-refractivity contribution in [3.8, 4) is 0 Å². The van der Waals surface area contributed by atoms with Crippen LogP contribution in [-0.2, 0) is 26.5 Å². The van der Waals surface area contributed by atoms with E-state index in [1.807, 2.05) is 25.1 Å². The highest BCUT2D eigenvalue weighted by Gasteiger charge is 2.51. The first-order valence-corrected chi connectivity index (χ1v) is 24.9. The van der Waals surface area contributed by atoms with Crippen molar-refractivity contribution in [3.05, 3.63) is 80.1 Å². The summed E-state index contributed by atoms with van der Waals surface area (Å²) in [6.45, 7) is 8.23. The van der Waals surface area contributed by atoms with Crippen molar-refractivity contribution in [2.45, 2.75) is 112 Å². The number of nitrogens with one attached hydrogen (secondary N) is 2. The third kappa shape index (κ3) is 7.75. The summed E-state index contributed by atoms with van der Waals surface area (Å²) in [4.78, 5) is 65.7. The Morgan fingerprint density at radius 3 is 2.40 bits per heavy atom. The van der Waals surface area contributed by atoms with Gasteiger partial charge in [-0.2, -0.15) is 4.98 Å². The third-order valence-corrected chi connectivity index (χ3v) is 17.8. The second-order valence-electron chi connectivity index (χ2n) is 19.6. The molecule has 3 saturated heterocycles. The molecule has 6 heterocycles. The first-order chi connectivity index (χ1) is 31.0. The number of halogens is 1. The first-order valence-electron chi connectivity index (χ1n) is 22.9. The lowest BCUT2D eigenvalue weighted by molar-refractivity contribution is -0.135. The number of piperidine rings is 3. The van der Waals surface area contributed by atoms with Gasteiger partial charge in [-0.1, -0.05) is 17.7 Å². The molecule has 2 aromatic carbocycles. The van der Waals surface area contributed by atoms with Gasteiger partial charge in [0.25, 0.3) is 5.56 Å². The molecule has 16 nitrogen and oxygen atoms in total. The van der Waals surface area contributed by atoms with Crippen LogP contribution in [0.2, 0.25) is 5.02 Å². The zero-order valence-electron chi connectivity index (χ0n) is 37.1. The molecule has 3 aromatic heterocycles. The number of anilines is 3. The molecule has 1 unspecified atom stereocenters. The van der Waals surface area contributed by atoms with E-state index in [-0.39, 0.29) is 34.4 Å². The van der Waals surface area contributed by atoms with Crippen LogP contribution < -0.4 is 26.8 Å². The van der Waals surface area contributed by atoms with Gasteiger partial charge in [0, 0.05) is 50.4 Å². The van der Waals surface area contributed by atoms with Crippen LogP contribution in [0.3, 0.4) is 0 Å². The molecule has 3 N–H and O–H groups in total. The summed E-state index contributed by atoms with van der Waals surface area (Å²) in [7, 11) is -1.80. The number of pyridine rings is 1. The molecule has 5 aliphatic rings. The summed E-state index contributed by atoms with van der Waals surface area (Å²) in [6.07, 6.45) is 9.40. The van der Waals surface area contributed by atoms with Crippen LogP contribution in [0.5, 0.6) is 0 Å². The van der Waals surface area contributed by atoms with E-state index < -0.39 is 44.2 Å². The number of amides is 2. The van der Waals surface area contributed by atoms with Crippen LogP contribution in [0, 0.1) is 18.3 Å². The molecule has 2 saturated carbocycles. The van der Waals surface area contributed by atoms with E-state index in [1.165, 1.54) is 4.57 Å². The summed E-state index contributed by atoms with van der Waals surface area (Å²) in [6, 6.07) is 11.3. The molecule has 10 rings (SSSR count). The molecule has 2 aliphatic carbocycles. The largest absolute Gasteiger partial charge is 0.388 e. The molecule has 1 spiro atoms. The zero-order valence-corrected chi connectivity index (χ0v) is 38.6. The number of carbonyl (C=O) groups excluding carboxylic acids is 2. The predicted octanol–water partition coefficient (Wildman–Crippen LogP) is 5.54. The van der Waals surface area contributed by atoms with Crippen LogP contribution in [0.1, 0.15) is 95.2 Å². The van der Waals surface area contributed by atoms with Gasteiger partial charge < -0.3 is 20.2 Å². The number of aryl methyl sites for hydroxylation is 2. The Morgan fingerprint density at radius 1 is 0.954 bits per heavy atom. The van der Waals surface area contributed by atoms with Gasteiger partial charge in [-0.15, -0.1) is 0 Å². The number of para-hydroxylation sites is 1. The van der Waals surface area contributed by atoms with Crippen LogP contribution in [0.25, 0.3) is 22.1 Å². The maximum atomic E-state index is 14.0. The van der Waals surface area contributed by atoms with E-state index >= 15 is 0 Å². The Kier molecular flexibility index (Phi) is 11.0. The zero-order chi connectivity index (χ0) is 45.6. The minimum Gasteiger partial charge on any atom is -0.388 e. The fourth-order valence-electron chi connectivity index (χ4n) is 11.6. The van der Waals surface area contributed by atoms with Crippen molar-refractivity contribution < 1.29 is 23.1 Å². The summed E-state index contributed by atoms with van der Waals surface area (Å²) in [5.74, 6) is 0.0323. The van der Waals surface area contributed by atoms with Crippen LogP contribution in [0.15, 0.2) is 63.1 Å². The van der Waals surface area contributed by atoms with Crippen LogP contribution in [0.4, 0.5) is 17.3 Å². The van der Waals surface area contributed by atoms with Crippen molar-refractivity contribution in [2.75, 3.05) is 42.9 Å². The van der Waals surface area contributed by atoms with Crippen LogP contribution >= 0.6 is 11.6 Å². The number of sulfone groups is 1. The summed E-state index contributed by atoms with van der Waals surface area (Å²) in [5, 5.41) is 16.9. The van der Waals surface area contributed by atoms with Crippen molar-refractivity contribution in [1.82, 2.24) is 33.9 Å². The highest BCUT2D eigenvalue weighted by Crippen LogP contribution is 2.53. The molecule has 3 atom stereocenters. The quantitative estimate of drug-likeness (QED) is 0.157. The lowest BCUT2D eigenvalue weighted by atomic mass is 9.63. The van der Waals surface area contributed by atoms with Crippen LogP contribution in [-0.4, -0.2) is 97.5 Å². The Labute approximate surface area is 381 Å². The highest BCUT2D eigenvalue weighted by molar-refractivity contribution is 7.92. The summed E-state index contributed by atoms with van der Waals surface area (Å²) in [5.41, 5.74) is 2.52. The molecule has 5 aromatic rings. The third-order valence-electron chi connectivity index (χ3n) is 15.4. The number of likely N-dealkylation sites (tertiary alicyclic amines) is 1. The standard InChI is InChI=1S/C47H56ClN9O7S/c1-28-22-31(9-10-34(28)50-44-49-26-30-23-33(48)43(60)57(41(30)52-44)38-8-5-15-46(38,2)62)65(63,64)32-24-47(25-32)16-20-54(21-17-47)27-29-13-18-55(19-14-29)35-6-4-7-36-40(35)53(3)45(61)56(36)37-11-12-39(58)51-42(37)59/h4,6-7,9-10,22-23,26,29,32,37-38,62H,5,8,11-21,24-25,27H2,1-3H3,(H,49,50,52)(H,51,58,59)/t37?,38-,46-/m1/s1. The number of benzene rings is 2. The number of imide groups is 1. The van der Waals surface area contributed by atoms with E-state index in [0.717, 1.165) is 81.6 Å². The average Bonchev–Trinajstić information content (AvgIpc) is 3.75. The number of hydrogen-bond acceptors (Lipinski definition) is 12. The molecule has 5 fully saturated rings. The molecule has 18 heteroatoms. The Bertz CT molecular complexity index is 2980. The SMILES string of the molecule is Cc1cc(S(=O)(=O)C2CC3(CCN(CC4CCN(c5cccc6c5n(C)c(=O)n6C5CCC(=O)NC5=O)CC4)CC3)C2)ccc1Nc1ncc2cc(Cl)c(=O)n([C@@H]3CCC[C@@]3(C)O)c2n1. The number of aromatic nitrogens is 5. The van der Waals surface area contributed by atoms with Gasteiger partial charge in [0.05, 0.1) is 38.5 Å². The number of fused-ring (bicyclic) bond motifs is 2. The maximum absolute atomic E-state index is 14.0. The Hall–Kier alpha value is -5.10. The van der Waals surface area contributed by atoms with E-state index in [9.17, 15) is 32.7 Å². The molecular formula is C47H56ClN9O7S. The fraction of sp³-hybridized carbons (Fsp3) is 0.532. The molecule has 2 amide bonds. The van der Waals surface area contributed by atoms with Crippen molar-refractivity contribution in [2.24, 2.45) is 18.4 Å². The number of carbonyl (C=O) groups is 2. The molecule has 0 radical (unpaired) electrons. The molecule has 0 bridgehead atoms. The van der Waals surface area contributed by atoms with Gasteiger partial charge >= 0.3 is 5.69 Å². The number of rotatable bonds is 9. The lowest BCUT2D eigenvalue weighted by Crippen LogP contribution is -2.52. The van der Waals surface area contributed by atoms with E-state index in [4.69, 9.17) is 16.6 Å². The predicted molar refractivity (Wildman–Crippen MR) is 249 cm³/mol. The minimum absolute atomic E-state index is 0.0380. The fourth-order valence-corrected chi connectivity index (χ4v) is 13.9. The highest BCUT2D eigenvalue weighted by atomic mass is 35.5. The van der Waals surface area contributed by atoms with Crippen molar-refractivity contribution >= 4 is 72.6 Å². The molecular weight excluding hydrogens is 870 g/mol. The smallest absolute Gasteiger partial charge is 0.329 e. The second-order valence-corrected chi connectivity index (χ2v) is 22.3. The number of imidazole rings is 1.